The zero-order chi connectivity index (χ0) is 8.72. The lowest BCUT2D eigenvalue weighted by Gasteiger charge is -1.95. The molecule has 0 aliphatic carbocycles. The van der Waals surface area contributed by atoms with Gasteiger partial charge in [0, 0.05) is 11.1 Å². The van der Waals surface area contributed by atoms with Crippen LogP contribution < -0.4 is 0 Å². The van der Waals surface area contributed by atoms with Gasteiger partial charge in [-0.2, -0.15) is 0 Å². The number of aryl methyl sites for hydroxylation is 2. The molecule has 0 saturated carbocycles. The Balaban J connectivity index is 2.88. The third kappa shape index (κ3) is 1.14. The van der Waals surface area contributed by atoms with Crippen LogP contribution in [0, 0.1) is 13.8 Å². The van der Waals surface area contributed by atoms with E-state index in [4.69, 9.17) is 4.42 Å². The van der Waals surface area contributed by atoms with Crippen molar-refractivity contribution in [2.24, 2.45) is 0 Å². The average Bonchev–Trinajstić information content (AvgIpc) is 2.29. The second kappa shape index (κ2) is 2.59. The molecule has 0 saturated heterocycles. The van der Waals surface area contributed by atoms with Crippen LogP contribution in [0.25, 0.3) is 11.0 Å². The van der Waals surface area contributed by atoms with Crippen molar-refractivity contribution in [2.45, 2.75) is 13.8 Å². The van der Waals surface area contributed by atoms with E-state index in [1.54, 1.807) is 0 Å². The first-order valence-corrected chi connectivity index (χ1v) is 4.49. The van der Waals surface area contributed by atoms with Crippen molar-refractivity contribution in [1.29, 1.82) is 0 Å². The van der Waals surface area contributed by atoms with Gasteiger partial charge >= 0.3 is 0 Å². The van der Waals surface area contributed by atoms with Crippen LogP contribution in [0.15, 0.2) is 21.2 Å². The molecule has 0 atom stereocenters. The van der Waals surface area contributed by atoms with Crippen molar-refractivity contribution < 1.29 is 4.42 Å². The highest BCUT2D eigenvalue weighted by atomic mass is 79.9. The Bertz CT molecular complexity index is 433. The highest BCUT2D eigenvalue weighted by Crippen LogP contribution is 2.25. The second-order valence-electron chi connectivity index (χ2n) is 2.82. The summed E-state index contributed by atoms with van der Waals surface area (Å²) < 4.78 is 6.17. The summed E-state index contributed by atoms with van der Waals surface area (Å²) in [5, 5.41) is 1.10. The van der Waals surface area contributed by atoms with Gasteiger partial charge in [-0.3, -0.25) is 4.98 Å². The molecule has 0 aliphatic rings. The van der Waals surface area contributed by atoms with Gasteiger partial charge < -0.3 is 4.42 Å². The van der Waals surface area contributed by atoms with Gasteiger partial charge in [0.25, 0.3) is 0 Å². The van der Waals surface area contributed by atoms with Gasteiger partial charge in [0.2, 0.25) is 0 Å². The molecule has 2 aromatic heterocycles. The summed E-state index contributed by atoms with van der Waals surface area (Å²) in [4.78, 5) is 4.30. The van der Waals surface area contributed by atoms with Crippen LogP contribution in [0.3, 0.4) is 0 Å². The monoisotopic (exact) mass is 225 g/mol. The van der Waals surface area contributed by atoms with Gasteiger partial charge in [-0.1, -0.05) is 0 Å². The molecule has 62 valence electrons. The van der Waals surface area contributed by atoms with E-state index >= 15 is 0 Å². The minimum atomic E-state index is 0.757. The van der Waals surface area contributed by atoms with E-state index in [-0.39, 0.29) is 0 Å². The molecule has 0 spiro atoms. The Kier molecular flexibility index (Phi) is 1.68. The maximum absolute atomic E-state index is 5.41. The van der Waals surface area contributed by atoms with Crippen molar-refractivity contribution in [3.05, 3.63) is 28.2 Å². The fraction of sp³-hybridized carbons (Fsp3) is 0.222. The van der Waals surface area contributed by atoms with E-state index < -0.39 is 0 Å². The minimum Gasteiger partial charge on any atom is -0.447 e. The van der Waals surface area contributed by atoms with E-state index in [0.29, 0.717) is 0 Å². The van der Waals surface area contributed by atoms with Crippen LogP contribution in [0.1, 0.15) is 11.4 Å². The van der Waals surface area contributed by atoms with Crippen molar-refractivity contribution in [3.63, 3.8) is 0 Å². The Morgan fingerprint density at radius 2 is 2.08 bits per heavy atom. The van der Waals surface area contributed by atoms with Crippen molar-refractivity contribution in [1.82, 2.24) is 4.98 Å². The van der Waals surface area contributed by atoms with Crippen molar-refractivity contribution in [2.75, 3.05) is 0 Å². The summed E-state index contributed by atoms with van der Waals surface area (Å²) in [5.74, 6) is 0. The molecule has 2 nitrogen and oxygen atoms in total. The average molecular weight is 226 g/mol. The number of hydrogen-bond acceptors (Lipinski definition) is 2. The van der Waals surface area contributed by atoms with Crippen LogP contribution in [-0.2, 0) is 0 Å². The first kappa shape index (κ1) is 7.80. The number of aromatic nitrogens is 1. The molecular formula is C9H8BrNO. The first-order chi connectivity index (χ1) is 5.66. The zero-order valence-electron chi connectivity index (χ0n) is 6.89. The zero-order valence-corrected chi connectivity index (χ0v) is 8.47. The lowest BCUT2D eigenvalue weighted by Crippen LogP contribution is -1.84. The maximum Gasteiger partial charge on any atom is 0.170 e. The molecule has 0 fully saturated rings. The molecule has 3 heteroatoms. The predicted molar refractivity (Wildman–Crippen MR) is 51.2 cm³/mol. The molecule has 2 heterocycles. The lowest BCUT2D eigenvalue weighted by molar-refractivity contribution is 0.583. The van der Waals surface area contributed by atoms with E-state index in [0.717, 1.165) is 27.0 Å². The maximum atomic E-state index is 5.41. The molecule has 0 bridgehead atoms. The number of hydrogen-bond donors (Lipinski definition) is 0. The third-order valence-corrected chi connectivity index (χ3v) is 2.16. The molecule has 0 aromatic carbocycles. The van der Waals surface area contributed by atoms with E-state index in [1.807, 2.05) is 26.0 Å². The number of halogens is 1. The highest BCUT2D eigenvalue weighted by molar-refractivity contribution is 9.10. The normalized spacial score (nSPS) is 10.9. The quantitative estimate of drug-likeness (QED) is 0.689. The molecule has 0 unspecified atom stereocenters. The van der Waals surface area contributed by atoms with E-state index in [2.05, 4.69) is 20.9 Å². The molecule has 0 radical (unpaired) electrons. The summed E-state index contributed by atoms with van der Waals surface area (Å²) >= 11 is 3.29. The number of nitrogens with zero attached hydrogens (tertiary/aromatic N) is 1. The fourth-order valence-electron chi connectivity index (χ4n) is 1.34. The van der Waals surface area contributed by atoms with Crippen molar-refractivity contribution >= 4 is 26.9 Å². The lowest BCUT2D eigenvalue weighted by atomic mass is 10.2. The highest BCUT2D eigenvalue weighted by Gasteiger charge is 2.05. The van der Waals surface area contributed by atoms with Gasteiger partial charge in [-0.05, 0) is 41.9 Å². The summed E-state index contributed by atoms with van der Waals surface area (Å²) in [6, 6.07) is 3.97. The molecular weight excluding hydrogens is 218 g/mol. The third-order valence-electron chi connectivity index (χ3n) is 1.77. The topological polar surface area (TPSA) is 26.0 Å². The van der Waals surface area contributed by atoms with Crippen LogP contribution in [0.4, 0.5) is 0 Å². The summed E-state index contributed by atoms with van der Waals surface area (Å²) in [6.45, 7) is 3.93. The molecule has 12 heavy (non-hydrogen) atoms. The molecule has 0 amide bonds. The minimum absolute atomic E-state index is 0.757. The smallest absolute Gasteiger partial charge is 0.170 e. The van der Waals surface area contributed by atoms with Crippen LogP contribution >= 0.6 is 15.9 Å². The van der Waals surface area contributed by atoms with Gasteiger partial charge in [-0.25, -0.2) is 0 Å². The molecule has 2 rings (SSSR count). The van der Waals surface area contributed by atoms with Gasteiger partial charge in [0.1, 0.15) is 0 Å². The van der Waals surface area contributed by atoms with Gasteiger partial charge in [-0.15, -0.1) is 0 Å². The Morgan fingerprint density at radius 1 is 1.33 bits per heavy atom. The summed E-state index contributed by atoms with van der Waals surface area (Å²) in [6.07, 6.45) is 0. The van der Waals surface area contributed by atoms with Gasteiger partial charge in [0.05, 0.1) is 5.69 Å². The molecule has 2 aromatic rings. The number of pyridine rings is 1. The Labute approximate surface area is 78.7 Å². The largest absolute Gasteiger partial charge is 0.447 e. The van der Waals surface area contributed by atoms with E-state index in [1.165, 1.54) is 0 Å². The summed E-state index contributed by atoms with van der Waals surface area (Å²) in [7, 11) is 0. The number of rotatable bonds is 0. The molecule has 0 aliphatic heterocycles. The predicted octanol–water partition coefficient (Wildman–Crippen LogP) is 3.21. The van der Waals surface area contributed by atoms with Crippen molar-refractivity contribution in [3.8, 4) is 0 Å². The number of furan rings is 1. The Hall–Kier alpha value is -0.830. The van der Waals surface area contributed by atoms with E-state index in [9.17, 15) is 0 Å². The Morgan fingerprint density at radius 3 is 2.83 bits per heavy atom. The fourth-order valence-corrected chi connectivity index (χ4v) is 1.74. The van der Waals surface area contributed by atoms with Crippen LogP contribution in [0.2, 0.25) is 0 Å². The van der Waals surface area contributed by atoms with Crippen LogP contribution in [-0.4, -0.2) is 4.98 Å². The first-order valence-electron chi connectivity index (χ1n) is 3.70. The summed E-state index contributed by atoms with van der Waals surface area (Å²) in [5.41, 5.74) is 2.83. The standard InChI is InChI=1S/C9H8BrNO/c1-5-3-7-4-8(10)12-9(7)6(2)11-5/h3-4H,1-2H3. The van der Waals surface area contributed by atoms with Crippen LogP contribution in [0.5, 0.6) is 0 Å². The SMILES string of the molecule is Cc1cc2cc(Br)oc2c(C)n1. The number of fused-ring (bicyclic) bond motifs is 1. The molecule has 0 N–H and O–H groups in total. The second-order valence-corrected chi connectivity index (χ2v) is 3.60. The van der Waals surface area contributed by atoms with Gasteiger partial charge in [0.15, 0.2) is 10.3 Å².